The summed E-state index contributed by atoms with van der Waals surface area (Å²) in [5, 5.41) is 6.20. The fourth-order valence-electron chi connectivity index (χ4n) is 3.18. The van der Waals surface area contributed by atoms with E-state index in [4.69, 9.17) is 4.98 Å². The summed E-state index contributed by atoms with van der Waals surface area (Å²) in [7, 11) is 1.80. The molecule has 6 heteroatoms. The van der Waals surface area contributed by atoms with Gasteiger partial charge in [-0.2, -0.15) is 0 Å². The third-order valence-corrected chi connectivity index (χ3v) is 4.51. The Labute approximate surface area is 148 Å². The maximum absolute atomic E-state index is 12.0. The normalized spacial score (nSPS) is 15.2. The molecule has 0 aliphatic carbocycles. The largest absolute Gasteiger partial charge is 0.342 e. The van der Waals surface area contributed by atoms with E-state index < -0.39 is 0 Å². The van der Waals surface area contributed by atoms with Gasteiger partial charge in [0.1, 0.15) is 11.6 Å². The Balaban J connectivity index is 1.63. The van der Waals surface area contributed by atoms with E-state index >= 15 is 0 Å². The molecule has 1 saturated heterocycles. The van der Waals surface area contributed by atoms with Crippen LogP contribution in [-0.4, -0.2) is 47.5 Å². The minimum absolute atomic E-state index is 0.176. The standard InChI is InChI=1S/C19H25N5O/c1-14-5-3-7-17(21-14)23-18-8-4-6-16(22-18)15-9-11-24(12-10-15)19(25)13-20-2/h3-8,15,20H,9-13H2,1-2H3,(H,21,22,23). The summed E-state index contributed by atoms with van der Waals surface area (Å²) in [4.78, 5) is 23.1. The highest BCUT2D eigenvalue weighted by Crippen LogP contribution is 2.27. The fourth-order valence-corrected chi connectivity index (χ4v) is 3.18. The Morgan fingerprint density at radius 2 is 1.80 bits per heavy atom. The number of piperidine rings is 1. The van der Waals surface area contributed by atoms with Crippen LogP contribution >= 0.6 is 0 Å². The predicted octanol–water partition coefficient (Wildman–Crippen LogP) is 2.45. The lowest BCUT2D eigenvalue weighted by atomic mass is 9.93. The molecule has 3 heterocycles. The Hall–Kier alpha value is -2.47. The second kappa shape index (κ2) is 8.07. The van der Waals surface area contributed by atoms with Crippen LogP contribution in [-0.2, 0) is 4.79 Å². The highest BCUT2D eigenvalue weighted by atomic mass is 16.2. The summed E-state index contributed by atoms with van der Waals surface area (Å²) >= 11 is 0. The SMILES string of the molecule is CNCC(=O)N1CCC(c2cccc(Nc3cccc(C)n3)n2)CC1. The lowest BCUT2D eigenvalue weighted by molar-refractivity contribution is -0.131. The number of carbonyl (C=O) groups excluding carboxylic acids is 1. The van der Waals surface area contributed by atoms with E-state index in [0.717, 1.165) is 49.0 Å². The molecule has 1 amide bonds. The Bertz CT molecular complexity index is 725. The lowest BCUT2D eigenvalue weighted by Gasteiger charge is -2.31. The number of hydrogen-bond acceptors (Lipinski definition) is 5. The van der Waals surface area contributed by atoms with Gasteiger partial charge in [-0.1, -0.05) is 12.1 Å². The Morgan fingerprint density at radius 3 is 2.48 bits per heavy atom. The van der Waals surface area contributed by atoms with Crippen molar-refractivity contribution in [3.63, 3.8) is 0 Å². The molecule has 3 rings (SSSR count). The van der Waals surface area contributed by atoms with Crippen molar-refractivity contribution in [3.05, 3.63) is 47.8 Å². The molecule has 2 aromatic heterocycles. The van der Waals surface area contributed by atoms with E-state index in [0.29, 0.717) is 12.5 Å². The molecule has 1 fully saturated rings. The van der Waals surface area contributed by atoms with E-state index in [1.165, 1.54) is 0 Å². The quantitative estimate of drug-likeness (QED) is 0.876. The average molecular weight is 339 g/mol. The fraction of sp³-hybridized carbons (Fsp3) is 0.421. The highest BCUT2D eigenvalue weighted by Gasteiger charge is 2.24. The molecule has 2 aromatic rings. The average Bonchev–Trinajstić information content (AvgIpc) is 2.62. The number of amides is 1. The topological polar surface area (TPSA) is 70.2 Å². The molecule has 25 heavy (non-hydrogen) atoms. The van der Waals surface area contributed by atoms with Gasteiger partial charge in [0.15, 0.2) is 0 Å². The van der Waals surface area contributed by atoms with Gasteiger partial charge in [-0.05, 0) is 51.1 Å². The molecular formula is C19H25N5O. The van der Waals surface area contributed by atoms with Crippen molar-refractivity contribution in [3.8, 4) is 0 Å². The minimum atomic E-state index is 0.176. The number of carbonyl (C=O) groups is 1. The van der Waals surface area contributed by atoms with E-state index in [-0.39, 0.29) is 5.91 Å². The molecule has 6 nitrogen and oxygen atoms in total. The van der Waals surface area contributed by atoms with Gasteiger partial charge in [-0.3, -0.25) is 4.79 Å². The molecule has 0 saturated carbocycles. The van der Waals surface area contributed by atoms with Crippen LogP contribution < -0.4 is 10.6 Å². The van der Waals surface area contributed by atoms with E-state index in [9.17, 15) is 4.79 Å². The van der Waals surface area contributed by atoms with Crippen molar-refractivity contribution in [2.75, 3.05) is 32.0 Å². The smallest absolute Gasteiger partial charge is 0.236 e. The van der Waals surface area contributed by atoms with Crippen LogP contribution in [0, 0.1) is 6.92 Å². The van der Waals surface area contributed by atoms with Gasteiger partial charge in [0.25, 0.3) is 0 Å². The van der Waals surface area contributed by atoms with Gasteiger partial charge in [0, 0.05) is 30.4 Å². The molecule has 2 N–H and O–H groups in total. The third-order valence-electron chi connectivity index (χ3n) is 4.51. The maximum Gasteiger partial charge on any atom is 0.236 e. The first-order chi connectivity index (χ1) is 12.2. The summed E-state index contributed by atoms with van der Waals surface area (Å²) in [6.45, 7) is 3.97. The molecule has 0 radical (unpaired) electrons. The van der Waals surface area contributed by atoms with Gasteiger partial charge in [-0.25, -0.2) is 9.97 Å². The molecule has 0 spiro atoms. The van der Waals surface area contributed by atoms with E-state index in [1.54, 1.807) is 7.05 Å². The van der Waals surface area contributed by atoms with E-state index in [1.807, 2.05) is 42.2 Å². The molecule has 0 bridgehead atoms. The van der Waals surface area contributed by atoms with Crippen molar-refractivity contribution in [2.24, 2.45) is 0 Å². The van der Waals surface area contributed by atoms with Crippen molar-refractivity contribution in [1.82, 2.24) is 20.2 Å². The number of pyridine rings is 2. The predicted molar refractivity (Wildman–Crippen MR) is 99.0 cm³/mol. The molecule has 1 aliphatic rings. The number of aryl methyl sites for hydroxylation is 1. The minimum Gasteiger partial charge on any atom is -0.342 e. The molecule has 0 atom stereocenters. The zero-order valence-corrected chi connectivity index (χ0v) is 14.8. The van der Waals surface area contributed by atoms with Crippen LogP contribution in [0.4, 0.5) is 11.6 Å². The zero-order valence-electron chi connectivity index (χ0n) is 14.8. The zero-order chi connectivity index (χ0) is 17.6. The first kappa shape index (κ1) is 17.4. The van der Waals surface area contributed by atoms with Gasteiger partial charge in [0.05, 0.1) is 6.54 Å². The lowest BCUT2D eigenvalue weighted by Crippen LogP contribution is -2.42. The summed E-state index contributed by atoms with van der Waals surface area (Å²) in [5.41, 5.74) is 2.05. The van der Waals surface area contributed by atoms with Crippen molar-refractivity contribution >= 4 is 17.5 Å². The number of nitrogens with one attached hydrogen (secondary N) is 2. The monoisotopic (exact) mass is 339 g/mol. The van der Waals surface area contributed by atoms with Crippen molar-refractivity contribution in [1.29, 1.82) is 0 Å². The van der Waals surface area contributed by atoms with Crippen LogP contribution in [0.3, 0.4) is 0 Å². The van der Waals surface area contributed by atoms with Crippen LogP contribution in [0.5, 0.6) is 0 Å². The molecule has 132 valence electrons. The summed E-state index contributed by atoms with van der Waals surface area (Å²) in [6, 6.07) is 11.9. The Morgan fingerprint density at radius 1 is 1.12 bits per heavy atom. The number of hydrogen-bond donors (Lipinski definition) is 2. The first-order valence-electron chi connectivity index (χ1n) is 8.75. The van der Waals surface area contributed by atoms with E-state index in [2.05, 4.69) is 21.7 Å². The number of aromatic nitrogens is 2. The van der Waals surface area contributed by atoms with Crippen LogP contribution in [0.15, 0.2) is 36.4 Å². The summed E-state index contributed by atoms with van der Waals surface area (Å²) in [6.07, 6.45) is 1.91. The van der Waals surface area contributed by atoms with Gasteiger partial charge < -0.3 is 15.5 Å². The Kier molecular flexibility index (Phi) is 5.60. The maximum atomic E-state index is 12.0. The summed E-state index contributed by atoms with van der Waals surface area (Å²) < 4.78 is 0. The third kappa shape index (κ3) is 4.54. The second-order valence-electron chi connectivity index (χ2n) is 6.42. The van der Waals surface area contributed by atoms with Gasteiger partial charge >= 0.3 is 0 Å². The van der Waals surface area contributed by atoms with Gasteiger partial charge in [0.2, 0.25) is 5.91 Å². The van der Waals surface area contributed by atoms with Crippen molar-refractivity contribution < 1.29 is 4.79 Å². The number of rotatable bonds is 5. The number of likely N-dealkylation sites (N-methyl/N-ethyl adjacent to an activating group) is 1. The van der Waals surface area contributed by atoms with Crippen LogP contribution in [0.1, 0.15) is 30.1 Å². The molecule has 1 aliphatic heterocycles. The summed E-state index contributed by atoms with van der Waals surface area (Å²) in [5.74, 6) is 2.18. The van der Waals surface area contributed by atoms with Crippen LogP contribution in [0.2, 0.25) is 0 Å². The second-order valence-corrected chi connectivity index (χ2v) is 6.42. The number of likely N-dealkylation sites (tertiary alicyclic amines) is 1. The van der Waals surface area contributed by atoms with Crippen molar-refractivity contribution in [2.45, 2.75) is 25.7 Å². The van der Waals surface area contributed by atoms with Gasteiger partial charge in [-0.15, -0.1) is 0 Å². The number of nitrogens with zero attached hydrogens (tertiary/aromatic N) is 3. The molecule has 0 unspecified atom stereocenters. The van der Waals surface area contributed by atoms with Crippen LogP contribution in [0.25, 0.3) is 0 Å². The highest BCUT2D eigenvalue weighted by molar-refractivity contribution is 5.78. The first-order valence-corrected chi connectivity index (χ1v) is 8.75. The molecular weight excluding hydrogens is 314 g/mol. The number of anilines is 2. The molecule has 0 aromatic carbocycles.